The number of H-pyrrole nitrogens is 1. The zero-order chi connectivity index (χ0) is 22.1. The monoisotopic (exact) mass is 442 g/mol. The normalized spacial score (nSPS) is 18.6. The Kier molecular flexibility index (Phi) is 6.14. The van der Waals surface area contributed by atoms with Crippen LogP contribution in [0.1, 0.15) is 47.6 Å². The third-order valence-corrected chi connectivity index (χ3v) is 6.97. The minimum Gasteiger partial charge on any atom is -0.497 e. The molecule has 1 aromatic heterocycles. The zero-order valence-electron chi connectivity index (χ0n) is 17.6. The molecule has 0 radical (unpaired) electrons. The van der Waals surface area contributed by atoms with Crippen LogP contribution >= 0.6 is 11.8 Å². The summed E-state index contributed by atoms with van der Waals surface area (Å²) in [5, 5.41) is 0.481. The number of benzene rings is 2. The fourth-order valence-electron chi connectivity index (χ4n) is 3.96. The molecule has 0 amide bonds. The average molecular weight is 443 g/mol. The van der Waals surface area contributed by atoms with E-state index in [1.165, 1.54) is 35.5 Å². The highest BCUT2D eigenvalue weighted by molar-refractivity contribution is 7.99. The molecule has 1 aliphatic rings. The Morgan fingerprint density at radius 3 is 2.52 bits per heavy atom. The quantitative estimate of drug-likeness (QED) is 0.393. The van der Waals surface area contributed by atoms with Crippen molar-refractivity contribution >= 4 is 11.8 Å². The van der Waals surface area contributed by atoms with Crippen LogP contribution < -0.4 is 10.3 Å². The molecule has 3 aromatic rings. The summed E-state index contributed by atoms with van der Waals surface area (Å²) >= 11 is 1.48. The molecule has 4 nitrogen and oxygen atoms in total. The smallest absolute Gasteiger partial charge is 0.254 e. The average Bonchev–Trinajstić information content (AvgIpc) is 3.54. The molecule has 1 N–H and O–H groups in total. The highest BCUT2D eigenvalue weighted by atomic mass is 32.2. The van der Waals surface area contributed by atoms with Gasteiger partial charge in [-0.2, -0.15) is 0 Å². The van der Waals surface area contributed by atoms with Gasteiger partial charge in [-0.1, -0.05) is 36.9 Å². The van der Waals surface area contributed by atoms with Crippen molar-refractivity contribution in [1.29, 1.82) is 0 Å². The molecule has 0 bridgehead atoms. The number of nitrogens with one attached hydrogen (secondary N) is 1. The summed E-state index contributed by atoms with van der Waals surface area (Å²) in [4.78, 5) is 19.8. The van der Waals surface area contributed by atoms with Crippen molar-refractivity contribution in [2.45, 2.75) is 37.3 Å². The molecule has 1 fully saturated rings. The maximum atomic E-state index is 14.3. The van der Waals surface area contributed by atoms with E-state index in [1.54, 1.807) is 21.0 Å². The van der Waals surface area contributed by atoms with Crippen molar-refractivity contribution in [3.63, 3.8) is 0 Å². The second-order valence-corrected chi connectivity index (χ2v) is 8.93. The number of halogens is 2. The van der Waals surface area contributed by atoms with Crippen LogP contribution in [0.5, 0.6) is 5.75 Å². The lowest BCUT2D eigenvalue weighted by atomic mass is 9.94. The van der Waals surface area contributed by atoms with E-state index < -0.39 is 17.6 Å². The maximum Gasteiger partial charge on any atom is 0.254 e. The van der Waals surface area contributed by atoms with Crippen molar-refractivity contribution in [3.8, 4) is 5.75 Å². The minimum atomic E-state index is -0.671. The van der Waals surface area contributed by atoms with Crippen LogP contribution in [0.2, 0.25) is 0 Å². The number of nitrogens with zero attached hydrogens (tertiary/aromatic N) is 1. The first kappa shape index (κ1) is 21.6. The van der Waals surface area contributed by atoms with E-state index in [1.807, 2.05) is 12.1 Å². The molecule has 4 rings (SSSR count). The van der Waals surface area contributed by atoms with Gasteiger partial charge in [-0.25, -0.2) is 13.8 Å². The summed E-state index contributed by atoms with van der Waals surface area (Å²) in [7, 11) is 1.65. The summed E-state index contributed by atoms with van der Waals surface area (Å²) in [5.41, 5.74) is 1.71. The third-order valence-electron chi connectivity index (χ3n) is 5.91. The van der Waals surface area contributed by atoms with Gasteiger partial charge in [-0.3, -0.25) is 4.79 Å². The summed E-state index contributed by atoms with van der Waals surface area (Å²) in [6, 6.07) is 11.9. The number of hydrogen-bond acceptors (Lipinski definition) is 4. The maximum absolute atomic E-state index is 14.3. The van der Waals surface area contributed by atoms with E-state index in [9.17, 15) is 13.6 Å². The Morgan fingerprint density at radius 2 is 1.87 bits per heavy atom. The second-order valence-electron chi connectivity index (χ2n) is 7.92. The molecule has 7 heteroatoms. The highest BCUT2D eigenvalue weighted by Crippen LogP contribution is 2.49. The molecule has 162 valence electrons. The fourth-order valence-corrected chi connectivity index (χ4v) is 5.02. The summed E-state index contributed by atoms with van der Waals surface area (Å²) < 4.78 is 33.7. The van der Waals surface area contributed by atoms with E-state index >= 15 is 0 Å². The number of aromatic nitrogens is 2. The summed E-state index contributed by atoms with van der Waals surface area (Å²) in [5.74, 6) is 0.689. The van der Waals surface area contributed by atoms with Gasteiger partial charge < -0.3 is 9.72 Å². The molecule has 0 saturated heterocycles. The molecular weight excluding hydrogens is 418 g/mol. The number of thioether (sulfide) groups is 1. The fraction of sp³-hybridized carbons (Fsp3) is 0.333. The van der Waals surface area contributed by atoms with Gasteiger partial charge in [0.05, 0.1) is 12.8 Å². The Balaban J connectivity index is 1.49. The SMILES string of the molecule is COc1ccc([C@@H]2C[C@@H]2CSc2nc([C@H](C)c3c(F)cccc3F)c(C)c(=O)[nH]2)cc1. The number of rotatable bonds is 7. The van der Waals surface area contributed by atoms with Crippen molar-refractivity contribution in [2.24, 2.45) is 5.92 Å². The van der Waals surface area contributed by atoms with Crippen molar-refractivity contribution in [1.82, 2.24) is 9.97 Å². The minimum absolute atomic E-state index is 0.0681. The molecule has 0 aliphatic heterocycles. The summed E-state index contributed by atoms with van der Waals surface area (Å²) in [6.07, 6.45) is 1.08. The van der Waals surface area contributed by atoms with Crippen molar-refractivity contribution in [3.05, 3.63) is 86.8 Å². The molecule has 1 heterocycles. The molecule has 1 aliphatic carbocycles. The molecule has 3 atom stereocenters. The van der Waals surface area contributed by atoms with Crippen molar-refractivity contribution in [2.75, 3.05) is 12.9 Å². The van der Waals surface area contributed by atoms with Gasteiger partial charge in [0.2, 0.25) is 0 Å². The number of ether oxygens (including phenoxy) is 1. The molecule has 0 spiro atoms. The lowest BCUT2D eigenvalue weighted by Gasteiger charge is -2.16. The van der Waals surface area contributed by atoms with Gasteiger partial charge >= 0.3 is 0 Å². The Hall–Kier alpha value is -2.67. The van der Waals surface area contributed by atoms with Gasteiger partial charge in [0, 0.05) is 22.8 Å². The Bertz CT molecular complexity index is 1130. The largest absolute Gasteiger partial charge is 0.497 e. The topological polar surface area (TPSA) is 55.0 Å². The first-order valence-electron chi connectivity index (χ1n) is 10.2. The molecule has 31 heavy (non-hydrogen) atoms. The second kappa shape index (κ2) is 8.83. The molecular formula is C24H24F2N2O2S. The Morgan fingerprint density at radius 1 is 1.19 bits per heavy atom. The van der Waals surface area contributed by atoms with Gasteiger partial charge in [0.1, 0.15) is 17.4 Å². The van der Waals surface area contributed by atoms with Crippen LogP contribution in [0.25, 0.3) is 0 Å². The molecule has 0 unspecified atom stereocenters. The summed E-state index contributed by atoms with van der Waals surface area (Å²) in [6.45, 7) is 3.30. The van der Waals surface area contributed by atoms with Crippen LogP contribution in [0.15, 0.2) is 52.4 Å². The van der Waals surface area contributed by atoms with Gasteiger partial charge in [-0.05, 0) is 55.0 Å². The predicted molar refractivity (Wildman–Crippen MR) is 118 cm³/mol. The number of aromatic amines is 1. The van der Waals surface area contributed by atoms with Crippen LogP contribution in [-0.2, 0) is 0 Å². The van der Waals surface area contributed by atoms with E-state index in [2.05, 4.69) is 22.1 Å². The molecule has 1 saturated carbocycles. The predicted octanol–water partition coefficient (Wildman–Crippen LogP) is 5.41. The van der Waals surface area contributed by atoms with Crippen molar-refractivity contribution < 1.29 is 13.5 Å². The van der Waals surface area contributed by atoms with E-state index in [0.29, 0.717) is 28.2 Å². The highest BCUT2D eigenvalue weighted by Gasteiger charge is 2.38. The first-order valence-corrected chi connectivity index (χ1v) is 11.2. The molecule has 2 aromatic carbocycles. The number of hydrogen-bond donors (Lipinski definition) is 1. The van der Waals surface area contributed by atoms with Crippen LogP contribution in [0, 0.1) is 24.5 Å². The first-order chi connectivity index (χ1) is 14.9. The lowest BCUT2D eigenvalue weighted by Crippen LogP contribution is -2.19. The van der Waals surface area contributed by atoms with Crippen LogP contribution in [-0.4, -0.2) is 22.8 Å². The van der Waals surface area contributed by atoms with Gasteiger partial charge in [-0.15, -0.1) is 0 Å². The van der Waals surface area contributed by atoms with Crippen LogP contribution in [0.4, 0.5) is 8.78 Å². The van der Waals surface area contributed by atoms with Gasteiger partial charge in [0.15, 0.2) is 5.16 Å². The van der Waals surface area contributed by atoms with Crippen LogP contribution in [0.3, 0.4) is 0 Å². The zero-order valence-corrected chi connectivity index (χ0v) is 18.4. The van der Waals surface area contributed by atoms with Gasteiger partial charge in [0.25, 0.3) is 5.56 Å². The van der Waals surface area contributed by atoms with E-state index in [4.69, 9.17) is 4.74 Å². The lowest BCUT2D eigenvalue weighted by molar-refractivity contribution is 0.414. The third kappa shape index (κ3) is 4.51. The number of methoxy groups -OCH3 is 1. The standard InChI is InChI=1S/C24H24F2N2O2S/c1-13(21-19(25)5-4-6-20(21)26)22-14(2)23(29)28-24(27-22)31-12-16-11-18(16)15-7-9-17(30-3)10-8-15/h4-10,13,16,18H,11-12H2,1-3H3,(H,27,28,29)/t13-,16-,18+/m1/s1. The van der Waals surface area contributed by atoms with E-state index in [-0.39, 0.29) is 11.1 Å². The van der Waals surface area contributed by atoms with E-state index in [0.717, 1.165) is 17.9 Å². The Labute approximate surface area is 184 Å².